The first-order chi connectivity index (χ1) is 6.75. The Morgan fingerprint density at radius 2 is 2.36 bits per heavy atom. The summed E-state index contributed by atoms with van der Waals surface area (Å²) in [6, 6.07) is 1.80. The molecule has 0 aliphatic heterocycles. The van der Waals surface area contributed by atoms with Gasteiger partial charge >= 0.3 is 5.97 Å². The van der Waals surface area contributed by atoms with E-state index in [1.807, 2.05) is 0 Å². The Morgan fingerprint density at radius 1 is 1.57 bits per heavy atom. The summed E-state index contributed by atoms with van der Waals surface area (Å²) in [5.41, 5.74) is 0.0295. The topological polar surface area (TPSA) is 75.1 Å². The lowest BCUT2D eigenvalue weighted by Gasteiger charge is -2.26. The summed E-state index contributed by atoms with van der Waals surface area (Å²) in [5, 5.41) is 11.8. The lowest BCUT2D eigenvalue weighted by atomic mass is 9.93. The smallest absolute Gasteiger partial charge is 0.354 e. The molecule has 1 heterocycles. The first kappa shape index (κ1) is 8.93. The maximum atomic E-state index is 10.6. The van der Waals surface area contributed by atoms with Crippen molar-refractivity contribution in [2.45, 2.75) is 25.3 Å². The normalized spacial score (nSPS) is 16.0. The largest absolute Gasteiger partial charge is 0.477 e. The molecule has 2 N–H and O–H groups in total. The van der Waals surface area contributed by atoms with Crippen molar-refractivity contribution < 1.29 is 9.90 Å². The van der Waals surface area contributed by atoms with Gasteiger partial charge in [-0.05, 0) is 25.3 Å². The number of carboxylic acids is 1. The summed E-state index contributed by atoms with van der Waals surface area (Å²) in [4.78, 5) is 18.4. The molecule has 5 nitrogen and oxygen atoms in total. The second-order valence-electron chi connectivity index (χ2n) is 3.34. The van der Waals surface area contributed by atoms with Crippen LogP contribution in [0, 0.1) is 0 Å². The molecular weight excluding hydrogens is 182 g/mol. The van der Waals surface area contributed by atoms with Crippen LogP contribution in [0.15, 0.2) is 12.3 Å². The first-order valence-electron chi connectivity index (χ1n) is 4.58. The zero-order valence-electron chi connectivity index (χ0n) is 7.60. The molecule has 0 saturated heterocycles. The van der Waals surface area contributed by atoms with E-state index in [1.165, 1.54) is 18.7 Å². The molecule has 0 unspecified atom stereocenters. The van der Waals surface area contributed by atoms with E-state index in [0.717, 1.165) is 12.8 Å². The number of nitrogens with zero attached hydrogens (tertiary/aromatic N) is 2. The SMILES string of the molecule is O=C(O)c1ccnc(NC2CCC2)n1. The third-order valence-electron chi connectivity index (χ3n) is 2.31. The van der Waals surface area contributed by atoms with Crippen molar-refractivity contribution >= 4 is 11.9 Å². The average molecular weight is 193 g/mol. The van der Waals surface area contributed by atoms with Crippen LogP contribution in [0.5, 0.6) is 0 Å². The number of anilines is 1. The lowest BCUT2D eigenvalue weighted by molar-refractivity contribution is 0.0690. The Kier molecular flexibility index (Phi) is 2.30. The minimum absolute atomic E-state index is 0.0295. The van der Waals surface area contributed by atoms with Gasteiger partial charge in [0.1, 0.15) is 0 Å². The van der Waals surface area contributed by atoms with Gasteiger partial charge in [-0.1, -0.05) is 0 Å². The highest BCUT2D eigenvalue weighted by Gasteiger charge is 2.18. The highest BCUT2D eigenvalue weighted by Crippen LogP contribution is 2.21. The van der Waals surface area contributed by atoms with Crippen LogP contribution in [0.25, 0.3) is 0 Å². The molecule has 0 radical (unpaired) electrons. The van der Waals surface area contributed by atoms with Crippen LogP contribution in [-0.2, 0) is 0 Å². The van der Waals surface area contributed by atoms with E-state index in [-0.39, 0.29) is 5.69 Å². The van der Waals surface area contributed by atoms with Gasteiger partial charge < -0.3 is 10.4 Å². The van der Waals surface area contributed by atoms with E-state index in [1.54, 1.807) is 0 Å². The molecule has 2 rings (SSSR count). The Labute approximate surface area is 81.2 Å². The molecule has 1 aromatic heterocycles. The molecule has 1 aromatic rings. The Balaban J connectivity index is 2.09. The maximum absolute atomic E-state index is 10.6. The standard InChI is InChI=1S/C9H11N3O2/c13-8(14)7-4-5-10-9(12-7)11-6-2-1-3-6/h4-6H,1-3H2,(H,13,14)(H,10,11,12). The molecule has 0 aromatic carbocycles. The van der Waals surface area contributed by atoms with Crippen molar-refractivity contribution in [3.05, 3.63) is 18.0 Å². The van der Waals surface area contributed by atoms with Gasteiger partial charge in [-0.15, -0.1) is 0 Å². The van der Waals surface area contributed by atoms with Crippen LogP contribution in [0.4, 0.5) is 5.95 Å². The van der Waals surface area contributed by atoms with Gasteiger partial charge in [0.15, 0.2) is 5.69 Å². The zero-order chi connectivity index (χ0) is 9.97. The van der Waals surface area contributed by atoms with Gasteiger partial charge in [-0.25, -0.2) is 14.8 Å². The van der Waals surface area contributed by atoms with Gasteiger partial charge in [0.25, 0.3) is 0 Å². The number of hydrogen-bond donors (Lipinski definition) is 2. The summed E-state index contributed by atoms with van der Waals surface area (Å²) in [6.45, 7) is 0. The van der Waals surface area contributed by atoms with E-state index in [0.29, 0.717) is 12.0 Å². The Hall–Kier alpha value is -1.65. The monoisotopic (exact) mass is 193 g/mol. The quantitative estimate of drug-likeness (QED) is 0.752. The predicted molar refractivity (Wildman–Crippen MR) is 50.3 cm³/mol. The van der Waals surface area contributed by atoms with Crippen molar-refractivity contribution in [2.75, 3.05) is 5.32 Å². The van der Waals surface area contributed by atoms with Crippen LogP contribution < -0.4 is 5.32 Å². The number of carbonyl (C=O) groups is 1. The number of aromatic nitrogens is 2. The van der Waals surface area contributed by atoms with Gasteiger partial charge in [0.05, 0.1) is 0 Å². The molecule has 0 bridgehead atoms. The molecular formula is C9H11N3O2. The summed E-state index contributed by atoms with van der Waals surface area (Å²) >= 11 is 0. The highest BCUT2D eigenvalue weighted by atomic mass is 16.4. The molecule has 1 aliphatic rings. The van der Waals surface area contributed by atoms with E-state index >= 15 is 0 Å². The number of nitrogens with one attached hydrogen (secondary N) is 1. The summed E-state index contributed by atoms with van der Waals surface area (Å²) < 4.78 is 0. The lowest BCUT2D eigenvalue weighted by Crippen LogP contribution is -2.28. The van der Waals surface area contributed by atoms with Gasteiger partial charge in [-0.2, -0.15) is 0 Å². The summed E-state index contributed by atoms with van der Waals surface area (Å²) in [6.07, 6.45) is 4.90. The minimum atomic E-state index is -1.02. The third kappa shape index (κ3) is 1.81. The van der Waals surface area contributed by atoms with Crippen LogP contribution in [0.2, 0.25) is 0 Å². The van der Waals surface area contributed by atoms with Crippen molar-refractivity contribution in [2.24, 2.45) is 0 Å². The molecule has 0 amide bonds. The van der Waals surface area contributed by atoms with Crippen molar-refractivity contribution in [1.82, 2.24) is 9.97 Å². The maximum Gasteiger partial charge on any atom is 0.354 e. The van der Waals surface area contributed by atoms with E-state index in [2.05, 4.69) is 15.3 Å². The summed E-state index contributed by atoms with van der Waals surface area (Å²) in [7, 11) is 0. The fourth-order valence-electron chi connectivity index (χ4n) is 1.28. The van der Waals surface area contributed by atoms with Crippen molar-refractivity contribution in [3.8, 4) is 0 Å². The number of aromatic carboxylic acids is 1. The van der Waals surface area contributed by atoms with Crippen molar-refractivity contribution in [3.63, 3.8) is 0 Å². The van der Waals surface area contributed by atoms with Crippen molar-refractivity contribution in [1.29, 1.82) is 0 Å². The molecule has 74 valence electrons. The molecule has 5 heteroatoms. The van der Waals surface area contributed by atoms with Gasteiger partial charge in [-0.3, -0.25) is 0 Å². The first-order valence-corrected chi connectivity index (χ1v) is 4.58. The average Bonchev–Trinajstić information content (AvgIpc) is 2.12. The Morgan fingerprint density at radius 3 is 2.93 bits per heavy atom. The minimum Gasteiger partial charge on any atom is -0.477 e. The molecule has 0 spiro atoms. The fraction of sp³-hybridized carbons (Fsp3) is 0.444. The zero-order valence-corrected chi connectivity index (χ0v) is 7.60. The molecule has 1 fully saturated rings. The summed E-state index contributed by atoms with van der Waals surface area (Å²) in [5.74, 6) is -0.612. The number of carboxylic acid groups (broad SMARTS) is 1. The van der Waals surface area contributed by atoms with Gasteiger partial charge in [0.2, 0.25) is 5.95 Å². The van der Waals surface area contributed by atoms with E-state index < -0.39 is 5.97 Å². The molecule has 1 saturated carbocycles. The second-order valence-corrected chi connectivity index (χ2v) is 3.34. The van der Waals surface area contributed by atoms with Crippen LogP contribution in [0.1, 0.15) is 29.8 Å². The van der Waals surface area contributed by atoms with E-state index in [4.69, 9.17) is 5.11 Å². The number of rotatable bonds is 3. The third-order valence-corrected chi connectivity index (χ3v) is 2.31. The molecule has 1 aliphatic carbocycles. The van der Waals surface area contributed by atoms with Crippen LogP contribution >= 0.6 is 0 Å². The van der Waals surface area contributed by atoms with Gasteiger partial charge in [0, 0.05) is 12.2 Å². The van der Waals surface area contributed by atoms with Crippen LogP contribution in [0.3, 0.4) is 0 Å². The molecule has 14 heavy (non-hydrogen) atoms. The predicted octanol–water partition coefficient (Wildman–Crippen LogP) is 1.14. The highest BCUT2D eigenvalue weighted by molar-refractivity contribution is 5.85. The van der Waals surface area contributed by atoms with E-state index in [9.17, 15) is 4.79 Å². The second kappa shape index (κ2) is 3.61. The number of hydrogen-bond acceptors (Lipinski definition) is 4. The Bertz CT molecular complexity index is 350. The fourth-order valence-corrected chi connectivity index (χ4v) is 1.28. The van der Waals surface area contributed by atoms with Crippen LogP contribution in [-0.4, -0.2) is 27.1 Å². The molecule has 0 atom stereocenters.